The number of carbonyl (C=O) groups excluding carboxylic acids is 1. The molecule has 4 nitrogen and oxygen atoms in total. The summed E-state index contributed by atoms with van der Waals surface area (Å²) < 4.78 is 7.16. The molecule has 2 heterocycles. The zero-order chi connectivity index (χ0) is 12.4. The number of hydrogen-bond acceptors (Lipinski definition) is 4. The molecule has 1 aromatic heterocycles. The molecule has 2 rings (SSSR count). The predicted octanol–water partition coefficient (Wildman–Crippen LogP) is 2.21. The minimum absolute atomic E-state index is 0.0667. The van der Waals surface area contributed by atoms with Crippen LogP contribution >= 0.6 is 11.8 Å². The Morgan fingerprint density at radius 2 is 2.41 bits per heavy atom. The third-order valence-electron chi connectivity index (χ3n) is 2.88. The van der Waals surface area contributed by atoms with Gasteiger partial charge >= 0.3 is 5.97 Å². The molecule has 94 valence electrons. The molecule has 1 atom stereocenters. The van der Waals surface area contributed by atoms with E-state index in [0.29, 0.717) is 11.6 Å². The summed E-state index contributed by atoms with van der Waals surface area (Å²) in [5.74, 6) is 2.06. The lowest BCUT2D eigenvalue weighted by Crippen LogP contribution is -2.17. The molecule has 0 saturated carbocycles. The Kier molecular flexibility index (Phi) is 3.76. The molecule has 1 aromatic rings. The maximum absolute atomic E-state index is 11.9. The van der Waals surface area contributed by atoms with Crippen LogP contribution in [0.3, 0.4) is 0 Å². The van der Waals surface area contributed by atoms with Crippen LogP contribution in [0.4, 0.5) is 0 Å². The molecule has 1 saturated heterocycles. The van der Waals surface area contributed by atoms with Gasteiger partial charge in [-0.3, -0.25) is 4.68 Å². The molecule has 0 amide bonds. The van der Waals surface area contributed by atoms with Crippen LogP contribution in [0.1, 0.15) is 42.4 Å². The Labute approximate surface area is 106 Å². The molecule has 0 bridgehead atoms. The van der Waals surface area contributed by atoms with E-state index >= 15 is 0 Å². The summed E-state index contributed by atoms with van der Waals surface area (Å²) >= 11 is 1.83. The van der Waals surface area contributed by atoms with E-state index in [1.807, 2.05) is 24.9 Å². The monoisotopic (exact) mass is 254 g/mol. The van der Waals surface area contributed by atoms with Crippen molar-refractivity contribution in [1.82, 2.24) is 9.78 Å². The number of thioether (sulfide) groups is 1. The summed E-state index contributed by atoms with van der Waals surface area (Å²) in [6.07, 6.45) is 1.03. The highest BCUT2D eigenvalue weighted by Gasteiger charge is 2.23. The number of rotatable bonds is 3. The molecule has 5 heteroatoms. The average Bonchev–Trinajstić information content (AvgIpc) is 2.86. The number of nitrogens with zero attached hydrogens (tertiary/aromatic N) is 2. The van der Waals surface area contributed by atoms with Crippen molar-refractivity contribution in [2.45, 2.75) is 32.3 Å². The van der Waals surface area contributed by atoms with Crippen molar-refractivity contribution in [3.05, 3.63) is 17.5 Å². The van der Waals surface area contributed by atoms with E-state index in [9.17, 15) is 4.79 Å². The van der Waals surface area contributed by atoms with Gasteiger partial charge in [-0.05, 0) is 24.2 Å². The van der Waals surface area contributed by atoms with Gasteiger partial charge in [-0.2, -0.15) is 16.9 Å². The molecule has 0 unspecified atom stereocenters. The highest BCUT2D eigenvalue weighted by Crippen LogP contribution is 2.21. The summed E-state index contributed by atoms with van der Waals surface area (Å²) in [5.41, 5.74) is 1.48. The fourth-order valence-corrected chi connectivity index (χ4v) is 3.03. The van der Waals surface area contributed by atoms with Gasteiger partial charge in [0, 0.05) is 18.5 Å². The smallest absolute Gasteiger partial charge is 0.359 e. The number of aromatic nitrogens is 2. The van der Waals surface area contributed by atoms with Crippen molar-refractivity contribution in [3.8, 4) is 0 Å². The zero-order valence-electron chi connectivity index (χ0n) is 10.5. The lowest BCUT2D eigenvalue weighted by Gasteiger charge is -2.08. The van der Waals surface area contributed by atoms with E-state index in [0.717, 1.165) is 23.6 Å². The van der Waals surface area contributed by atoms with Crippen LogP contribution in [0, 0.1) is 0 Å². The fraction of sp³-hybridized carbons (Fsp3) is 0.667. The number of ether oxygens (including phenoxy) is 1. The molecule has 0 spiro atoms. The Bertz CT molecular complexity index is 409. The predicted molar refractivity (Wildman–Crippen MR) is 68.4 cm³/mol. The first-order chi connectivity index (χ1) is 8.08. The van der Waals surface area contributed by atoms with Gasteiger partial charge in [0.25, 0.3) is 0 Å². The van der Waals surface area contributed by atoms with Crippen molar-refractivity contribution in [2.75, 3.05) is 11.5 Å². The summed E-state index contributed by atoms with van der Waals surface area (Å²) in [6, 6.07) is 1.83. The Morgan fingerprint density at radius 3 is 2.94 bits per heavy atom. The van der Waals surface area contributed by atoms with E-state index in [-0.39, 0.29) is 12.1 Å². The Morgan fingerprint density at radius 1 is 1.65 bits per heavy atom. The van der Waals surface area contributed by atoms with E-state index in [1.54, 1.807) is 4.68 Å². The molecule has 1 fully saturated rings. The number of esters is 1. The van der Waals surface area contributed by atoms with Gasteiger partial charge in [-0.25, -0.2) is 4.79 Å². The van der Waals surface area contributed by atoms with Crippen LogP contribution in [0.2, 0.25) is 0 Å². The summed E-state index contributed by atoms with van der Waals surface area (Å²) in [5, 5.41) is 4.21. The van der Waals surface area contributed by atoms with Crippen molar-refractivity contribution >= 4 is 17.7 Å². The lowest BCUT2D eigenvalue weighted by molar-refractivity contribution is 0.0349. The first-order valence-corrected chi connectivity index (χ1v) is 7.06. The lowest BCUT2D eigenvalue weighted by atomic mass is 10.1. The molecule has 17 heavy (non-hydrogen) atoms. The van der Waals surface area contributed by atoms with Crippen LogP contribution in [-0.4, -0.2) is 33.4 Å². The van der Waals surface area contributed by atoms with E-state index in [2.05, 4.69) is 18.9 Å². The number of carbonyl (C=O) groups is 1. The standard InChI is InChI=1S/C12H18N2O2S/c1-8(2)11-6-10(13-14(11)3)12(15)16-9-4-5-17-7-9/h6,8-9H,4-5,7H2,1-3H3/t9-/m0/s1. The average molecular weight is 254 g/mol. The molecule has 0 radical (unpaired) electrons. The van der Waals surface area contributed by atoms with Crippen molar-refractivity contribution < 1.29 is 9.53 Å². The summed E-state index contributed by atoms with van der Waals surface area (Å²) in [7, 11) is 1.86. The molecule has 0 aliphatic carbocycles. The molecular weight excluding hydrogens is 236 g/mol. The van der Waals surface area contributed by atoms with Gasteiger partial charge in [0.1, 0.15) is 6.10 Å². The first kappa shape index (κ1) is 12.5. The van der Waals surface area contributed by atoms with Crippen LogP contribution in [0.15, 0.2) is 6.07 Å². The molecule has 0 aromatic carbocycles. The number of aryl methyl sites for hydroxylation is 1. The SMILES string of the molecule is CC(C)c1cc(C(=O)O[C@H]2CCSC2)nn1C. The molecule has 1 aliphatic heterocycles. The van der Waals surface area contributed by atoms with Crippen LogP contribution in [0.5, 0.6) is 0 Å². The van der Waals surface area contributed by atoms with Gasteiger partial charge in [-0.1, -0.05) is 13.8 Å². The first-order valence-electron chi connectivity index (χ1n) is 5.90. The molecule has 1 aliphatic rings. The second kappa shape index (κ2) is 5.12. The highest BCUT2D eigenvalue weighted by molar-refractivity contribution is 7.99. The highest BCUT2D eigenvalue weighted by atomic mass is 32.2. The van der Waals surface area contributed by atoms with Gasteiger partial charge in [0.05, 0.1) is 0 Å². The topological polar surface area (TPSA) is 44.1 Å². The van der Waals surface area contributed by atoms with Crippen LogP contribution < -0.4 is 0 Å². The maximum Gasteiger partial charge on any atom is 0.359 e. The van der Waals surface area contributed by atoms with Crippen molar-refractivity contribution in [1.29, 1.82) is 0 Å². The minimum atomic E-state index is -0.292. The van der Waals surface area contributed by atoms with E-state index in [4.69, 9.17) is 4.74 Å². The Balaban J connectivity index is 2.05. The van der Waals surface area contributed by atoms with Gasteiger partial charge < -0.3 is 4.74 Å². The summed E-state index contributed by atoms with van der Waals surface area (Å²) in [6.45, 7) is 4.17. The van der Waals surface area contributed by atoms with Crippen molar-refractivity contribution in [3.63, 3.8) is 0 Å². The second-order valence-corrected chi connectivity index (χ2v) is 5.77. The second-order valence-electron chi connectivity index (χ2n) is 4.62. The van der Waals surface area contributed by atoms with E-state index < -0.39 is 0 Å². The normalized spacial score (nSPS) is 19.9. The Hall–Kier alpha value is -0.970. The summed E-state index contributed by atoms with van der Waals surface area (Å²) in [4.78, 5) is 11.9. The molecular formula is C12H18N2O2S. The van der Waals surface area contributed by atoms with Gasteiger partial charge in [0.15, 0.2) is 5.69 Å². The van der Waals surface area contributed by atoms with Crippen LogP contribution in [-0.2, 0) is 11.8 Å². The van der Waals surface area contributed by atoms with E-state index in [1.165, 1.54) is 0 Å². The zero-order valence-corrected chi connectivity index (χ0v) is 11.3. The maximum atomic E-state index is 11.9. The number of hydrogen-bond donors (Lipinski definition) is 0. The van der Waals surface area contributed by atoms with Gasteiger partial charge in [-0.15, -0.1) is 0 Å². The third-order valence-corrected chi connectivity index (χ3v) is 4.01. The minimum Gasteiger partial charge on any atom is -0.457 e. The largest absolute Gasteiger partial charge is 0.457 e. The quantitative estimate of drug-likeness (QED) is 0.776. The fourth-order valence-electron chi connectivity index (χ4n) is 1.94. The van der Waals surface area contributed by atoms with Gasteiger partial charge in [0.2, 0.25) is 0 Å². The molecule has 0 N–H and O–H groups in total. The van der Waals surface area contributed by atoms with Crippen molar-refractivity contribution in [2.24, 2.45) is 7.05 Å². The van der Waals surface area contributed by atoms with Crippen LogP contribution in [0.25, 0.3) is 0 Å². The third kappa shape index (κ3) is 2.83.